The highest BCUT2D eigenvalue weighted by Gasteiger charge is 2.13. The lowest BCUT2D eigenvalue weighted by Gasteiger charge is -2.10. The summed E-state index contributed by atoms with van der Waals surface area (Å²) in [5.74, 6) is -1.75. The number of allylic oxidation sites excluding steroid dienone is 1. The summed E-state index contributed by atoms with van der Waals surface area (Å²) < 4.78 is 53.2. The minimum atomic E-state index is -0.743. The van der Waals surface area contributed by atoms with Crippen LogP contribution in [0.4, 0.5) is 8.78 Å². The number of carbonyl (C=O) groups is 1. The number of hydrogen-bond acceptors (Lipinski definition) is 8. The average Bonchev–Trinajstić information content (AvgIpc) is 2.93. The van der Waals surface area contributed by atoms with Crippen molar-refractivity contribution in [3.8, 4) is 11.5 Å². The molecule has 0 unspecified atom stereocenters. The number of nitrogens with one attached hydrogen (secondary N) is 1. The number of aliphatic imine (C=N–C) groups is 1. The Kier molecular flexibility index (Phi) is 22.9. The molecule has 0 aliphatic heterocycles. The number of benzene rings is 2. The molecule has 0 aliphatic rings. The number of ether oxygens (including phenoxy) is 4. The Balaban J connectivity index is 0.00000177. The lowest BCUT2D eigenvalue weighted by Crippen LogP contribution is -2.22. The van der Waals surface area contributed by atoms with E-state index in [4.69, 9.17) is 36.1 Å². The van der Waals surface area contributed by atoms with Gasteiger partial charge in [-0.3, -0.25) is 9.52 Å². The number of carbonyl (C=O) groups excluding carboxylic acids is 1. The van der Waals surface area contributed by atoms with E-state index < -0.39 is 17.4 Å². The van der Waals surface area contributed by atoms with Gasteiger partial charge in [-0.25, -0.2) is 8.78 Å². The van der Waals surface area contributed by atoms with E-state index in [2.05, 4.69) is 9.71 Å². The molecule has 0 bridgehead atoms. The maximum atomic E-state index is 14.3. The maximum absolute atomic E-state index is 14.3. The molecule has 13 heteroatoms. The molecule has 230 valence electrons. The summed E-state index contributed by atoms with van der Waals surface area (Å²) in [5.41, 5.74) is 16.1. The zero-order valence-corrected chi connectivity index (χ0v) is 25.0. The molecule has 41 heavy (non-hydrogen) atoms. The maximum Gasteiger partial charge on any atom is 0.236 e. The van der Waals surface area contributed by atoms with Crippen LogP contribution in [0.25, 0.3) is 6.08 Å². The zero-order chi connectivity index (χ0) is 30.9. The van der Waals surface area contributed by atoms with Crippen LogP contribution in [-0.2, 0) is 19.0 Å². The second-order valence-corrected chi connectivity index (χ2v) is 8.85. The zero-order valence-electron chi connectivity index (χ0n) is 24.2. The van der Waals surface area contributed by atoms with Crippen LogP contribution >= 0.6 is 11.9 Å². The third kappa shape index (κ3) is 19.6. The molecule has 10 nitrogen and oxygen atoms in total. The Morgan fingerprint density at radius 1 is 0.927 bits per heavy atom. The van der Waals surface area contributed by atoms with Gasteiger partial charge >= 0.3 is 0 Å². The van der Waals surface area contributed by atoms with Gasteiger partial charge in [0.05, 0.1) is 39.6 Å². The topological polar surface area (TPSA) is 156 Å². The molecule has 2 rings (SSSR count). The quantitative estimate of drug-likeness (QED) is 0.0682. The van der Waals surface area contributed by atoms with Gasteiger partial charge in [0.15, 0.2) is 23.3 Å². The summed E-state index contributed by atoms with van der Waals surface area (Å²) in [6, 6.07) is 9.46. The molecule has 0 aliphatic carbocycles. The van der Waals surface area contributed by atoms with E-state index in [-0.39, 0.29) is 12.4 Å². The van der Waals surface area contributed by atoms with E-state index in [0.29, 0.717) is 64.0 Å². The summed E-state index contributed by atoms with van der Waals surface area (Å²) >= 11 is 1.43. The SMILES string of the molecule is CC.CC(C)=Cc1cc(F)c(Oc2ccc(SNCCOCCOCCOCCN)cc2)c(F)c1.NC(N)=NC=O. The van der Waals surface area contributed by atoms with Gasteiger partial charge in [0.1, 0.15) is 5.75 Å². The van der Waals surface area contributed by atoms with Crippen molar-refractivity contribution < 1.29 is 32.5 Å². The Hall–Kier alpha value is -3.07. The van der Waals surface area contributed by atoms with Gasteiger partial charge in [-0.05, 0) is 67.8 Å². The van der Waals surface area contributed by atoms with Crippen molar-refractivity contribution in [1.82, 2.24) is 4.72 Å². The molecule has 2 aromatic rings. The molecule has 0 saturated heterocycles. The lowest BCUT2D eigenvalue weighted by atomic mass is 10.1. The van der Waals surface area contributed by atoms with E-state index in [9.17, 15) is 13.6 Å². The van der Waals surface area contributed by atoms with Crippen LogP contribution in [0.15, 0.2) is 51.9 Å². The van der Waals surface area contributed by atoms with Gasteiger partial charge < -0.3 is 36.1 Å². The number of amides is 1. The van der Waals surface area contributed by atoms with Gasteiger partial charge in [-0.2, -0.15) is 4.99 Å². The van der Waals surface area contributed by atoms with Crippen molar-refractivity contribution >= 4 is 30.4 Å². The Morgan fingerprint density at radius 3 is 1.93 bits per heavy atom. The third-order valence-corrected chi connectivity index (χ3v) is 5.12. The first kappa shape index (κ1) is 37.9. The molecule has 2 aromatic carbocycles. The summed E-state index contributed by atoms with van der Waals surface area (Å²) in [6.07, 6.45) is 1.99. The predicted octanol–water partition coefficient (Wildman–Crippen LogP) is 4.23. The van der Waals surface area contributed by atoms with Gasteiger partial charge in [-0.15, -0.1) is 0 Å². The number of guanidine groups is 1. The Bertz CT molecular complexity index is 1010. The minimum absolute atomic E-state index is 0.204. The number of nitrogens with two attached hydrogens (primary N) is 3. The van der Waals surface area contributed by atoms with Crippen molar-refractivity contribution in [2.75, 3.05) is 52.7 Å². The highest BCUT2D eigenvalue weighted by atomic mass is 32.2. The summed E-state index contributed by atoms with van der Waals surface area (Å²) in [6.45, 7) is 12.1. The van der Waals surface area contributed by atoms with E-state index >= 15 is 0 Å². The van der Waals surface area contributed by atoms with Crippen LogP contribution in [-0.4, -0.2) is 65.1 Å². The average molecular weight is 600 g/mol. The van der Waals surface area contributed by atoms with Gasteiger partial charge in [0.25, 0.3) is 0 Å². The fraction of sp³-hybridized carbons (Fsp3) is 0.429. The van der Waals surface area contributed by atoms with Crippen LogP contribution in [0.2, 0.25) is 0 Å². The molecule has 0 radical (unpaired) electrons. The molecular weight excluding hydrogens is 556 g/mol. The fourth-order valence-electron chi connectivity index (χ4n) is 2.72. The first-order valence-electron chi connectivity index (χ1n) is 13.0. The summed E-state index contributed by atoms with van der Waals surface area (Å²) in [5, 5.41) is 0. The monoisotopic (exact) mass is 599 g/mol. The molecule has 0 atom stereocenters. The van der Waals surface area contributed by atoms with Gasteiger partial charge in [0.2, 0.25) is 6.41 Å². The van der Waals surface area contributed by atoms with Crippen LogP contribution in [0.3, 0.4) is 0 Å². The molecule has 0 aromatic heterocycles. The van der Waals surface area contributed by atoms with Crippen molar-refractivity contribution in [3.05, 3.63) is 59.2 Å². The second kappa shape index (κ2) is 24.7. The van der Waals surface area contributed by atoms with Crippen molar-refractivity contribution in [2.24, 2.45) is 22.2 Å². The Morgan fingerprint density at radius 2 is 1.46 bits per heavy atom. The van der Waals surface area contributed by atoms with E-state index in [0.717, 1.165) is 10.5 Å². The molecule has 1 amide bonds. The van der Waals surface area contributed by atoms with E-state index in [1.807, 2.05) is 39.8 Å². The number of rotatable bonds is 17. The number of nitrogens with zero attached hydrogens (tertiary/aromatic N) is 1. The van der Waals surface area contributed by atoms with Crippen LogP contribution in [0, 0.1) is 11.6 Å². The Labute approximate surface area is 245 Å². The largest absolute Gasteiger partial charge is 0.451 e. The molecule has 7 N–H and O–H groups in total. The standard InChI is InChI=1S/C24H32F2N2O4S.C2H5N3O.C2H6/c1-18(2)15-19-16-22(25)24(23(26)17-19)32-20-3-5-21(6-4-20)33-28-8-10-30-12-14-31-13-11-29-9-7-27;3-2(4)5-1-6;1-2/h3-6,15-17,28H,7-14,27H2,1-2H3;1H,(H4,3,4,5,6);1-2H3. The van der Waals surface area contributed by atoms with Crippen molar-refractivity contribution in [2.45, 2.75) is 32.6 Å². The van der Waals surface area contributed by atoms with E-state index in [1.54, 1.807) is 18.2 Å². The second-order valence-electron chi connectivity index (χ2n) is 7.89. The van der Waals surface area contributed by atoms with Gasteiger partial charge in [-0.1, -0.05) is 25.5 Å². The van der Waals surface area contributed by atoms with Crippen LogP contribution < -0.4 is 26.7 Å². The van der Waals surface area contributed by atoms with Crippen molar-refractivity contribution in [1.29, 1.82) is 0 Å². The fourth-order valence-corrected chi connectivity index (χ4v) is 3.35. The minimum Gasteiger partial charge on any atom is -0.451 e. The van der Waals surface area contributed by atoms with Crippen molar-refractivity contribution in [3.63, 3.8) is 0 Å². The summed E-state index contributed by atoms with van der Waals surface area (Å²) in [7, 11) is 0. The lowest BCUT2D eigenvalue weighted by molar-refractivity contribution is -0.106. The molecule has 0 saturated carbocycles. The highest BCUT2D eigenvalue weighted by Crippen LogP contribution is 2.30. The predicted molar refractivity (Wildman–Crippen MR) is 161 cm³/mol. The number of halogens is 2. The molecule has 0 spiro atoms. The number of hydrogen-bond donors (Lipinski definition) is 4. The molecule has 0 heterocycles. The normalized spacial score (nSPS) is 9.93. The highest BCUT2D eigenvalue weighted by molar-refractivity contribution is 7.97. The molecular formula is C28H43F2N5O5S. The first-order chi connectivity index (χ1) is 19.8. The first-order valence-corrected chi connectivity index (χ1v) is 13.9. The smallest absolute Gasteiger partial charge is 0.236 e. The summed E-state index contributed by atoms with van der Waals surface area (Å²) in [4.78, 5) is 13.1. The van der Waals surface area contributed by atoms with E-state index in [1.165, 1.54) is 24.1 Å². The molecule has 0 fully saturated rings. The van der Waals surface area contributed by atoms with Crippen LogP contribution in [0.5, 0.6) is 11.5 Å². The van der Waals surface area contributed by atoms with Crippen LogP contribution in [0.1, 0.15) is 33.3 Å². The third-order valence-electron chi connectivity index (χ3n) is 4.27. The van der Waals surface area contributed by atoms with Gasteiger partial charge in [0, 0.05) is 18.0 Å².